The molecule has 0 aliphatic heterocycles. The molecule has 0 bridgehead atoms. The Kier molecular flexibility index (Phi) is 5.90. The summed E-state index contributed by atoms with van der Waals surface area (Å²) >= 11 is 3.35. The molecular formula is C19H20BrN3O2S. The molecule has 0 N–H and O–H groups in total. The van der Waals surface area contributed by atoms with Gasteiger partial charge in [-0.2, -0.15) is 9.40 Å². The van der Waals surface area contributed by atoms with E-state index in [-0.39, 0.29) is 11.4 Å². The summed E-state index contributed by atoms with van der Waals surface area (Å²) in [5, 5.41) is 4.33. The number of sulfonamides is 1. The van der Waals surface area contributed by atoms with Crippen LogP contribution in [0.4, 0.5) is 0 Å². The van der Waals surface area contributed by atoms with Crippen LogP contribution in [0.25, 0.3) is 0 Å². The van der Waals surface area contributed by atoms with Gasteiger partial charge in [0.2, 0.25) is 10.0 Å². The minimum atomic E-state index is -3.61. The van der Waals surface area contributed by atoms with Crippen LogP contribution in [0.1, 0.15) is 11.3 Å². The topological polar surface area (TPSA) is 55.2 Å². The molecule has 0 fully saturated rings. The van der Waals surface area contributed by atoms with Gasteiger partial charge in [-0.1, -0.05) is 46.3 Å². The Hall–Kier alpha value is -1.96. The third-order valence-electron chi connectivity index (χ3n) is 4.05. The van der Waals surface area contributed by atoms with E-state index in [9.17, 15) is 8.42 Å². The quantitative estimate of drug-likeness (QED) is 0.571. The fourth-order valence-electron chi connectivity index (χ4n) is 2.67. The maximum atomic E-state index is 13.2. The van der Waals surface area contributed by atoms with Gasteiger partial charge < -0.3 is 0 Å². The number of aryl methyl sites for hydroxylation is 1. The maximum Gasteiger partial charge on any atom is 0.243 e. The molecule has 0 radical (unpaired) electrons. The van der Waals surface area contributed by atoms with E-state index < -0.39 is 10.0 Å². The summed E-state index contributed by atoms with van der Waals surface area (Å²) < 4.78 is 30.3. The minimum Gasteiger partial charge on any atom is -0.276 e. The fraction of sp³-hybridized carbons (Fsp3) is 0.211. The van der Waals surface area contributed by atoms with Gasteiger partial charge in [0.25, 0.3) is 0 Å². The molecule has 0 aliphatic rings. The second-order valence-electron chi connectivity index (χ2n) is 6.01. The molecule has 136 valence electrons. The van der Waals surface area contributed by atoms with E-state index >= 15 is 0 Å². The summed E-state index contributed by atoms with van der Waals surface area (Å²) in [5.41, 5.74) is 1.82. The molecule has 7 heteroatoms. The first kappa shape index (κ1) is 18.8. The second-order valence-corrected chi connectivity index (χ2v) is 8.86. The van der Waals surface area contributed by atoms with E-state index in [0.29, 0.717) is 13.0 Å². The Morgan fingerprint density at radius 3 is 2.35 bits per heavy atom. The standard InChI is InChI=1S/C19H20BrN3O2S/c1-22-13-12-18(21-22)15-23(14-11-16-5-3-2-4-6-16)26(24,25)19-9-7-17(20)8-10-19/h2-10,12-13H,11,14-15H2,1H3. The number of hydrogen-bond acceptors (Lipinski definition) is 3. The number of hydrogen-bond donors (Lipinski definition) is 0. The minimum absolute atomic E-state index is 0.242. The van der Waals surface area contributed by atoms with Gasteiger partial charge in [0, 0.05) is 24.3 Å². The zero-order valence-corrected chi connectivity index (χ0v) is 16.8. The normalized spacial score (nSPS) is 11.8. The van der Waals surface area contributed by atoms with Crippen molar-refractivity contribution in [2.24, 2.45) is 7.05 Å². The summed E-state index contributed by atoms with van der Waals surface area (Å²) in [5.74, 6) is 0. The zero-order chi connectivity index (χ0) is 18.6. The Morgan fingerprint density at radius 2 is 1.73 bits per heavy atom. The molecule has 26 heavy (non-hydrogen) atoms. The number of halogens is 1. The third kappa shape index (κ3) is 4.60. The van der Waals surface area contributed by atoms with Crippen molar-refractivity contribution >= 4 is 26.0 Å². The van der Waals surface area contributed by atoms with Crippen molar-refractivity contribution in [3.63, 3.8) is 0 Å². The Bertz CT molecular complexity index is 954. The van der Waals surface area contributed by atoms with Crippen LogP contribution in [-0.2, 0) is 30.0 Å². The van der Waals surface area contributed by atoms with Crippen molar-refractivity contribution in [2.45, 2.75) is 17.9 Å². The van der Waals surface area contributed by atoms with Gasteiger partial charge in [0.1, 0.15) is 0 Å². The molecule has 3 rings (SSSR count). The van der Waals surface area contributed by atoms with Crippen molar-refractivity contribution in [1.82, 2.24) is 14.1 Å². The predicted molar refractivity (Wildman–Crippen MR) is 105 cm³/mol. The molecule has 0 unspecified atom stereocenters. The second kappa shape index (κ2) is 8.16. The van der Waals surface area contributed by atoms with E-state index in [1.54, 1.807) is 28.9 Å². The molecule has 0 spiro atoms. The van der Waals surface area contributed by atoms with Crippen LogP contribution in [0.3, 0.4) is 0 Å². The van der Waals surface area contributed by atoms with Gasteiger partial charge >= 0.3 is 0 Å². The highest BCUT2D eigenvalue weighted by atomic mass is 79.9. The first-order valence-corrected chi connectivity index (χ1v) is 10.5. The van der Waals surface area contributed by atoms with E-state index in [1.807, 2.05) is 49.6 Å². The van der Waals surface area contributed by atoms with E-state index in [1.165, 1.54) is 4.31 Å². The number of benzene rings is 2. The van der Waals surface area contributed by atoms with Crippen LogP contribution in [0, 0.1) is 0 Å². The highest BCUT2D eigenvalue weighted by Crippen LogP contribution is 2.21. The molecule has 0 amide bonds. The molecule has 0 saturated carbocycles. The van der Waals surface area contributed by atoms with Gasteiger partial charge in [-0.25, -0.2) is 8.42 Å². The molecule has 3 aromatic rings. The lowest BCUT2D eigenvalue weighted by atomic mass is 10.1. The first-order chi connectivity index (χ1) is 12.4. The monoisotopic (exact) mass is 433 g/mol. The lowest BCUT2D eigenvalue weighted by Crippen LogP contribution is -2.32. The highest BCUT2D eigenvalue weighted by Gasteiger charge is 2.25. The van der Waals surface area contributed by atoms with Gasteiger partial charge in [0.15, 0.2) is 0 Å². The van der Waals surface area contributed by atoms with Crippen molar-refractivity contribution in [3.8, 4) is 0 Å². The molecule has 1 aromatic heterocycles. The lowest BCUT2D eigenvalue weighted by Gasteiger charge is -2.21. The molecular weight excluding hydrogens is 414 g/mol. The molecule has 2 aromatic carbocycles. The highest BCUT2D eigenvalue weighted by molar-refractivity contribution is 9.10. The average molecular weight is 434 g/mol. The summed E-state index contributed by atoms with van der Waals surface area (Å²) in [6, 6.07) is 18.4. The average Bonchev–Trinajstić information content (AvgIpc) is 3.04. The van der Waals surface area contributed by atoms with Crippen LogP contribution < -0.4 is 0 Å². The van der Waals surface area contributed by atoms with Crippen molar-refractivity contribution in [1.29, 1.82) is 0 Å². The molecule has 0 saturated heterocycles. The van der Waals surface area contributed by atoms with Crippen LogP contribution >= 0.6 is 15.9 Å². The number of rotatable bonds is 7. The molecule has 1 heterocycles. The fourth-order valence-corrected chi connectivity index (χ4v) is 4.34. The number of aromatic nitrogens is 2. The Morgan fingerprint density at radius 1 is 1.04 bits per heavy atom. The Balaban J connectivity index is 1.86. The summed E-state index contributed by atoms with van der Waals surface area (Å²) in [4.78, 5) is 0.282. The predicted octanol–water partition coefficient (Wildman–Crippen LogP) is 3.62. The van der Waals surface area contributed by atoms with Gasteiger partial charge in [0.05, 0.1) is 17.1 Å². The van der Waals surface area contributed by atoms with Crippen molar-refractivity contribution in [2.75, 3.05) is 6.54 Å². The molecule has 0 aliphatic carbocycles. The van der Waals surface area contributed by atoms with Crippen LogP contribution in [0.5, 0.6) is 0 Å². The molecule has 0 atom stereocenters. The van der Waals surface area contributed by atoms with Crippen LogP contribution in [0.15, 0.2) is 76.2 Å². The first-order valence-electron chi connectivity index (χ1n) is 8.23. The van der Waals surface area contributed by atoms with Crippen molar-refractivity contribution in [3.05, 3.63) is 82.6 Å². The summed E-state index contributed by atoms with van der Waals surface area (Å²) in [6.07, 6.45) is 2.46. The van der Waals surface area contributed by atoms with Gasteiger partial charge in [-0.05, 0) is 42.3 Å². The van der Waals surface area contributed by atoms with Crippen LogP contribution in [-0.4, -0.2) is 29.0 Å². The molecule has 5 nitrogen and oxygen atoms in total. The smallest absolute Gasteiger partial charge is 0.243 e. The zero-order valence-electron chi connectivity index (χ0n) is 14.4. The summed E-state index contributed by atoms with van der Waals surface area (Å²) in [6.45, 7) is 0.630. The van der Waals surface area contributed by atoms with E-state index in [2.05, 4.69) is 21.0 Å². The largest absolute Gasteiger partial charge is 0.276 e. The van der Waals surface area contributed by atoms with Gasteiger partial charge in [-0.15, -0.1) is 0 Å². The van der Waals surface area contributed by atoms with Gasteiger partial charge in [-0.3, -0.25) is 4.68 Å². The lowest BCUT2D eigenvalue weighted by molar-refractivity contribution is 0.403. The van der Waals surface area contributed by atoms with Crippen LogP contribution in [0.2, 0.25) is 0 Å². The van der Waals surface area contributed by atoms with E-state index in [0.717, 1.165) is 15.7 Å². The third-order valence-corrected chi connectivity index (χ3v) is 6.44. The van der Waals surface area contributed by atoms with E-state index in [4.69, 9.17) is 0 Å². The van der Waals surface area contributed by atoms with Crippen molar-refractivity contribution < 1.29 is 8.42 Å². The number of nitrogens with zero attached hydrogens (tertiary/aromatic N) is 3. The summed E-state index contributed by atoms with van der Waals surface area (Å²) in [7, 11) is -1.79. The SMILES string of the molecule is Cn1ccc(CN(CCc2ccccc2)S(=O)(=O)c2ccc(Br)cc2)n1. The Labute approximate surface area is 162 Å². The maximum absolute atomic E-state index is 13.2.